The highest BCUT2D eigenvalue weighted by Crippen LogP contribution is 2.34. The molecule has 13 heteroatoms. The van der Waals surface area contributed by atoms with Gasteiger partial charge in [-0.15, -0.1) is 11.6 Å². The summed E-state index contributed by atoms with van der Waals surface area (Å²) in [6.07, 6.45) is -2.99. The fourth-order valence-electron chi connectivity index (χ4n) is 3.40. The standard InChI is InChI=1S/C27H41ClN2O10/c1-25(2,3)39-23(33)27(7,30-24(34)40-26(4,5)6)13-20(38-21(31)14-28)22(32)29-15-17-18(36-9)11-16(35-8)12-19(17)37-10/h11-12,20H,13-15H2,1-10H3,(H,29,32)(H,30,34)/t20?,27-/m0/s1. The second-order valence-electron chi connectivity index (χ2n) is 11.0. The Balaban J connectivity index is 3.37. The van der Waals surface area contributed by atoms with Gasteiger partial charge in [0.1, 0.15) is 39.9 Å². The Hall–Kier alpha value is -3.41. The van der Waals surface area contributed by atoms with E-state index in [4.69, 9.17) is 40.0 Å². The van der Waals surface area contributed by atoms with Gasteiger partial charge in [-0.3, -0.25) is 9.59 Å². The summed E-state index contributed by atoms with van der Waals surface area (Å²) in [7, 11) is 4.37. The lowest BCUT2D eigenvalue weighted by Crippen LogP contribution is -2.58. The third-order valence-electron chi connectivity index (χ3n) is 5.15. The predicted molar refractivity (Wildman–Crippen MR) is 147 cm³/mol. The predicted octanol–water partition coefficient (Wildman–Crippen LogP) is 3.49. The molecule has 0 heterocycles. The van der Waals surface area contributed by atoms with E-state index in [2.05, 4.69) is 10.6 Å². The number of nitrogens with one attached hydrogen (secondary N) is 2. The van der Waals surface area contributed by atoms with Gasteiger partial charge in [0, 0.05) is 18.6 Å². The Kier molecular flexibility index (Phi) is 12.4. The van der Waals surface area contributed by atoms with Gasteiger partial charge in [0.05, 0.1) is 33.4 Å². The Labute approximate surface area is 240 Å². The number of carbonyl (C=O) groups excluding carboxylic acids is 4. The lowest BCUT2D eigenvalue weighted by Gasteiger charge is -2.34. The molecule has 1 rings (SSSR count). The van der Waals surface area contributed by atoms with Crippen molar-refractivity contribution in [3.8, 4) is 17.2 Å². The van der Waals surface area contributed by atoms with Crippen LogP contribution in [0.15, 0.2) is 12.1 Å². The van der Waals surface area contributed by atoms with E-state index >= 15 is 0 Å². The molecule has 2 atom stereocenters. The number of alkyl carbamates (subject to hydrolysis) is 1. The van der Waals surface area contributed by atoms with Crippen LogP contribution in [0.25, 0.3) is 0 Å². The van der Waals surface area contributed by atoms with E-state index in [0.29, 0.717) is 22.8 Å². The molecule has 1 aromatic carbocycles. The fraction of sp³-hybridized carbons (Fsp3) is 0.630. The highest BCUT2D eigenvalue weighted by Gasteiger charge is 2.44. The first-order valence-corrected chi connectivity index (χ1v) is 13.0. The van der Waals surface area contributed by atoms with Crippen LogP contribution in [0.2, 0.25) is 0 Å². The molecule has 40 heavy (non-hydrogen) atoms. The molecular weight excluding hydrogens is 548 g/mol. The number of ether oxygens (including phenoxy) is 6. The molecule has 0 fully saturated rings. The van der Waals surface area contributed by atoms with Gasteiger partial charge in [-0.05, 0) is 48.5 Å². The normalized spacial score (nSPS) is 13.7. The number of halogens is 1. The average Bonchev–Trinajstić information content (AvgIpc) is 2.83. The first-order chi connectivity index (χ1) is 18.4. The van der Waals surface area contributed by atoms with Gasteiger partial charge in [0.15, 0.2) is 6.10 Å². The van der Waals surface area contributed by atoms with E-state index in [-0.39, 0.29) is 6.54 Å². The van der Waals surface area contributed by atoms with Crippen LogP contribution < -0.4 is 24.8 Å². The smallest absolute Gasteiger partial charge is 0.408 e. The largest absolute Gasteiger partial charge is 0.496 e. The molecule has 0 bridgehead atoms. The van der Waals surface area contributed by atoms with Crippen molar-refractivity contribution >= 4 is 35.5 Å². The second kappa shape index (κ2) is 14.3. The summed E-state index contributed by atoms with van der Waals surface area (Å²) >= 11 is 5.63. The van der Waals surface area contributed by atoms with Crippen LogP contribution >= 0.6 is 11.6 Å². The fourth-order valence-corrected chi connectivity index (χ4v) is 3.46. The zero-order valence-corrected chi connectivity index (χ0v) is 25.6. The van der Waals surface area contributed by atoms with Crippen molar-refractivity contribution in [1.29, 1.82) is 0 Å². The van der Waals surface area contributed by atoms with Crippen molar-refractivity contribution in [1.82, 2.24) is 10.6 Å². The summed E-state index contributed by atoms with van der Waals surface area (Å²) < 4.78 is 32.2. The molecular formula is C27H41ClN2O10. The summed E-state index contributed by atoms with van der Waals surface area (Å²) in [4.78, 5) is 51.4. The minimum absolute atomic E-state index is 0.104. The van der Waals surface area contributed by atoms with Crippen molar-refractivity contribution in [2.45, 2.75) is 84.3 Å². The number of alkyl halides is 1. The highest BCUT2D eigenvalue weighted by molar-refractivity contribution is 6.26. The van der Waals surface area contributed by atoms with E-state index in [9.17, 15) is 19.2 Å². The number of carbonyl (C=O) groups is 4. The first kappa shape index (κ1) is 34.6. The van der Waals surface area contributed by atoms with Gasteiger partial charge in [-0.25, -0.2) is 9.59 Å². The van der Waals surface area contributed by atoms with Gasteiger partial charge < -0.3 is 39.1 Å². The number of esters is 2. The van der Waals surface area contributed by atoms with Gasteiger partial charge in [-0.1, -0.05) is 0 Å². The van der Waals surface area contributed by atoms with E-state index in [1.165, 1.54) is 28.3 Å². The van der Waals surface area contributed by atoms with Crippen LogP contribution in [-0.4, -0.2) is 74.0 Å². The lowest BCUT2D eigenvalue weighted by molar-refractivity contribution is -0.167. The average molecular weight is 589 g/mol. The molecule has 0 saturated heterocycles. The summed E-state index contributed by atoms with van der Waals surface area (Å²) in [5.41, 5.74) is -3.18. The Morgan fingerprint density at radius 2 is 1.38 bits per heavy atom. The topological polar surface area (TPSA) is 148 Å². The molecule has 0 aliphatic carbocycles. The van der Waals surface area contributed by atoms with Gasteiger partial charge >= 0.3 is 18.0 Å². The molecule has 0 aliphatic rings. The molecule has 0 aromatic heterocycles. The lowest BCUT2D eigenvalue weighted by atomic mass is 9.93. The Morgan fingerprint density at radius 1 is 0.850 bits per heavy atom. The van der Waals surface area contributed by atoms with Crippen LogP contribution in [0.5, 0.6) is 17.2 Å². The highest BCUT2D eigenvalue weighted by atomic mass is 35.5. The number of amides is 2. The Bertz CT molecular complexity index is 1040. The minimum Gasteiger partial charge on any atom is -0.496 e. The monoisotopic (exact) mass is 588 g/mol. The van der Waals surface area contributed by atoms with E-state index in [1.54, 1.807) is 53.7 Å². The molecule has 12 nitrogen and oxygen atoms in total. The first-order valence-electron chi connectivity index (χ1n) is 12.4. The summed E-state index contributed by atoms with van der Waals surface area (Å²) in [6.45, 7) is 11.1. The van der Waals surface area contributed by atoms with Gasteiger partial charge in [-0.2, -0.15) is 0 Å². The third kappa shape index (κ3) is 11.0. The minimum atomic E-state index is -1.85. The maximum absolute atomic E-state index is 13.4. The van der Waals surface area contributed by atoms with Crippen molar-refractivity contribution < 1.29 is 47.6 Å². The molecule has 1 aromatic rings. The number of hydrogen-bond acceptors (Lipinski definition) is 10. The second-order valence-corrected chi connectivity index (χ2v) is 11.3. The molecule has 0 spiro atoms. The SMILES string of the molecule is COc1cc(OC)c(CNC(=O)C(C[C@](C)(NC(=O)OC(C)(C)C)C(=O)OC(C)(C)C)OC(=O)CCl)c(OC)c1. The zero-order chi connectivity index (χ0) is 30.9. The summed E-state index contributed by atoms with van der Waals surface area (Å²) in [5.74, 6) is -1.90. The van der Waals surface area contributed by atoms with Crippen LogP contribution in [0.4, 0.5) is 4.79 Å². The van der Waals surface area contributed by atoms with Crippen molar-refractivity contribution in [3.63, 3.8) is 0 Å². The van der Waals surface area contributed by atoms with Crippen LogP contribution in [0.1, 0.15) is 60.5 Å². The number of hydrogen-bond donors (Lipinski definition) is 2. The quantitative estimate of drug-likeness (QED) is 0.211. The molecule has 2 N–H and O–H groups in total. The molecule has 1 unspecified atom stereocenters. The maximum Gasteiger partial charge on any atom is 0.408 e. The van der Waals surface area contributed by atoms with Crippen molar-refractivity contribution in [3.05, 3.63) is 17.7 Å². The maximum atomic E-state index is 13.4. The molecule has 0 aliphatic heterocycles. The molecule has 226 valence electrons. The van der Waals surface area contributed by atoms with E-state index in [0.717, 1.165) is 0 Å². The van der Waals surface area contributed by atoms with Crippen molar-refractivity contribution in [2.75, 3.05) is 27.2 Å². The van der Waals surface area contributed by atoms with E-state index in [1.807, 2.05) is 0 Å². The van der Waals surface area contributed by atoms with Crippen LogP contribution in [0.3, 0.4) is 0 Å². The zero-order valence-electron chi connectivity index (χ0n) is 24.8. The van der Waals surface area contributed by atoms with Gasteiger partial charge in [0.25, 0.3) is 5.91 Å². The van der Waals surface area contributed by atoms with E-state index < -0.39 is 59.1 Å². The Morgan fingerprint density at radius 3 is 1.80 bits per heavy atom. The van der Waals surface area contributed by atoms with Crippen LogP contribution in [-0.2, 0) is 35.1 Å². The number of methoxy groups -OCH3 is 3. The van der Waals surface area contributed by atoms with Crippen LogP contribution in [0, 0.1) is 0 Å². The molecule has 0 radical (unpaired) electrons. The summed E-state index contributed by atoms with van der Waals surface area (Å²) in [6, 6.07) is 3.22. The number of benzene rings is 1. The molecule has 2 amide bonds. The van der Waals surface area contributed by atoms with Crippen molar-refractivity contribution in [2.24, 2.45) is 0 Å². The van der Waals surface area contributed by atoms with Gasteiger partial charge in [0.2, 0.25) is 0 Å². The summed E-state index contributed by atoms with van der Waals surface area (Å²) in [5, 5.41) is 5.14. The molecule has 0 saturated carbocycles. The number of rotatable bonds is 12. The third-order valence-corrected chi connectivity index (χ3v) is 5.37.